The maximum absolute atomic E-state index is 2.53. The van der Waals surface area contributed by atoms with E-state index in [4.69, 9.17) is 0 Å². The van der Waals surface area contributed by atoms with Crippen molar-refractivity contribution in [1.82, 2.24) is 0 Å². The summed E-state index contributed by atoms with van der Waals surface area (Å²) in [5.41, 5.74) is 12.3. The number of anilines is 8. The summed E-state index contributed by atoms with van der Waals surface area (Å²) in [7, 11) is 0. The van der Waals surface area contributed by atoms with Crippen molar-refractivity contribution in [3.05, 3.63) is 157 Å². The zero-order valence-electron chi connectivity index (χ0n) is 31.7. The Morgan fingerprint density at radius 3 is 1.04 bits per heavy atom. The van der Waals surface area contributed by atoms with Crippen LogP contribution in [0, 0.1) is 13.8 Å². The Labute approximate surface area is 320 Å². The van der Waals surface area contributed by atoms with E-state index in [-0.39, 0.29) is 0 Å². The third kappa shape index (κ3) is 6.55. The largest absolute Gasteiger partial charge is 0.372 e. The molecule has 270 valence electrons. The fourth-order valence-corrected chi connectivity index (χ4v) is 8.89. The third-order valence-corrected chi connectivity index (χ3v) is 11.8. The van der Waals surface area contributed by atoms with Gasteiger partial charge in [0.2, 0.25) is 0 Å². The third-order valence-electron chi connectivity index (χ3n) is 11.8. The van der Waals surface area contributed by atoms with E-state index in [0.29, 0.717) is 0 Å². The second-order valence-electron chi connectivity index (χ2n) is 15.2. The molecule has 2 aliphatic heterocycles. The van der Waals surface area contributed by atoms with Gasteiger partial charge in [0.25, 0.3) is 0 Å². The maximum atomic E-state index is 2.53. The Balaban J connectivity index is 1.11. The van der Waals surface area contributed by atoms with Crippen molar-refractivity contribution < 1.29 is 0 Å². The first-order chi connectivity index (χ1) is 26.6. The summed E-state index contributed by atoms with van der Waals surface area (Å²) in [5.74, 6) is 0. The summed E-state index contributed by atoms with van der Waals surface area (Å²) in [6.45, 7) is 9.19. The minimum absolute atomic E-state index is 1.15. The van der Waals surface area contributed by atoms with Gasteiger partial charge in [0.1, 0.15) is 0 Å². The average molecular weight is 707 g/mol. The van der Waals surface area contributed by atoms with Gasteiger partial charge in [0.15, 0.2) is 0 Å². The molecule has 0 unspecified atom stereocenters. The van der Waals surface area contributed by atoms with Crippen molar-refractivity contribution in [2.75, 3.05) is 45.8 Å². The van der Waals surface area contributed by atoms with Crippen LogP contribution >= 0.6 is 0 Å². The van der Waals surface area contributed by atoms with Gasteiger partial charge < -0.3 is 19.6 Å². The normalized spacial score (nSPS) is 14.8. The molecule has 0 saturated carbocycles. The highest BCUT2D eigenvalue weighted by Crippen LogP contribution is 2.42. The number of hydrogen-bond donors (Lipinski definition) is 0. The molecule has 2 fully saturated rings. The van der Waals surface area contributed by atoms with E-state index in [1.807, 2.05) is 0 Å². The van der Waals surface area contributed by atoms with E-state index in [9.17, 15) is 0 Å². The lowest BCUT2D eigenvalue weighted by atomic mass is 9.92. The zero-order valence-corrected chi connectivity index (χ0v) is 31.7. The van der Waals surface area contributed by atoms with Gasteiger partial charge in [-0.2, -0.15) is 0 Å². The van der Waals surface area contributed by atoms with Crippen molar-refractivity contribution >= 4 is 67.0 Å². The van der Waals surface area contributed by atoms with Crippen LogP contribution in [0.15, 0.2) is 146 Å². The predicted molar refractivity (Wildman–Crippen MR) is 232 cm³/mol. The SMILES string of the molecule is Cc1c2ccc(N(c3ccccc3)c3ccc(N4CCCCC4)cc3)cc2c(C)c2ccc(N(c3ccccc3)c3ccc(N4CCCCC4)cc3)cc12. The molecular formula is C50H50N4. The summed E-state index contributed by atoms with van der Waals surface area (Å²) < 4.78 is 0. The minimum Gasteiger partial charge on any atom is -0.372 e. The van der Waals surface area contributed by atoms with Crippen LogP contribution in [0.3, 0.4) is 0 Å². The highest BCUT2D eigenvalue weighted by atomic mass is 15.2. The average Bonchev–Trinajstić information content (AvgIpc) is 3.25. The zero-order chi connectivity index (χ0) is 36.4. The van der Waals surface area contributed by atoms with Crippen LogP contribution in [-0.4, -0.2) is 26.2 Å². The van der Waals surface area contributed by atoms with Gasteiger partial charge in [-0.15, -0.1) is 0 Å². The minimum atomic E-state index is 1.15. The lowest BCUT2D eigenvalue weighted by Gasteiger charge is -2.30. The van der Waals surface area contributed by atoms with Crippen LogP contribution in [0.1, 0.15) is 49.7 Å². The first-order valence-corrected chi connectivity index (χ1v) is 20.0. The maximum Gasteiger partial charge on any atom is 0.0468 e. The number of hydrogen-bond acceptors (Lipinski definition) is 4. The molecule has 0 bridgehead atoms. The Hall–Kier alpha value is -5.74. The molecule has 2 saturated heterocycles. The summed E-state index contributed by atoms with van der Waals surface area (Å²) in [6.07, 6.45) is 7.80. The molecule has 0 N–H and O–H groups in total. The second kappa shape index (κ2) is 14.9. The van der Waals surface area contributed by atoms with E-state index in [1.165, 1.54) is 105 Å². The molecule has 0 aliphatic carbocycles. The summed E-state index contributed by atoms with van der Waals surface area (Å²) in [5, 5.41) is 5.19. The van der Waals surface area contributed by atoms with Gasteiger partial charge in [0.05, 0.1) is 0 Å². The van der Waals surface area contributed by atoms with E-state index >= 15 is 0 Å². The van der Waals surface area contributed by atoms with Crippen LogP contribution < -0.4 is 19.6 Å². The molecule has 0 spiro atoms. The molecule has 0 atom stereocenters. The number of nitrogens with zero attached hydrogens (tertiary/aromatic N) is 4. The Morgan fingerprint density at radius 2 is 0.667 bits per heavy atom. The van der Waals surface area contributed by atoms with Gasteiger partial charge in [0, 0.05) is 71.7 Å². The number of para-hydroxylation sites is 2. The van der Waals surface area contributed by atoms with Gasteiger partial charge in [-0.3, -0.25) is 0 Å². The topological polar surface area (TPSA) is 13.0 Å². The van der Waals surface area contributed by atoms with E-state index in [2.05, 4.69) is 179 Å². The molecule has 54 heavy (non-hydrogen) atoms. The molecular weight excluding hydrogens is 657 g/mol. The van der Waals surface area contributed by atoms with Gasteiger partial charge in [-0.05, 0) is 182 Å². The summed E-state index contributed by atoms with van der Waals surface area (Å²) in [4.78, 5) is 9.86. The number of aryl methyl sites for hydroxylation is 2. The van der Waals surface area contributed by atoms with Gasteiger partial charge >= 0.3 is 0 Å². The smallest absolute Gasteiger partial charge is 0.0468 e. The van der Waals surface area contributed by atoms with Gasteiger partial charge in [-0.25, -0.2) is 0 Å². The number of benzene rings is 7. The van der Waals surface area contributed by atoms with Crippen LogP contribution in [0.25, 0.3) is 21.5 Å². The van der Waals surface area contributed by atoms with Crippen molar-refractivity contribution in [3.8, 4) is 0 Å². The Morgan fingerprint density at radius 1 is 0.333 bits per heavy atom. The van der Waals surface area contributed by atoms with Crippen molar-refractivity contribution in [1.29, 1.82) is 0 Å². The van der Waals surface area contributed by atoms with Crippen LogP contribution in [-0.2, 0) is 0 Å². The van der Waals surface area contributed by atoms with E-state index in [1.54, 1.807) is 0 Å². The fraction of sp³-hybridized carbons (Fsp3) is 0.240. The fourth-order valence-electron chi connectivity index (χ4n) is 8.89. The second-order valence-corrected chi connectivity index (χ2v) is 15.2. The molecule has 7 aromatic rings. The van der Waals surface area contributed by atoms with Gasteiger partial charge in [-0.1, -0.05) is 48.5 Å². The van der Waals surface area contributed by atoms with E-state index < -0.39 is 0 Å². The first kappa shape index (κ1) is 34.1. The molecule has 4 nitrogen and oxygen atoms in total. The number of piperidine rings is 2. The summed E-state index contributed by atoms with van der Waals surface area (Å²) in [6, 6.07) is 54.0. The Bertz CT molecular complexity index is 2190. The lowest BCUT2D eigenvalue weighted by molar-refractivity contribution is 0.578. The number of rotatable bonds is 8. The molecule has 9 rings (SSSR count). The van der Waals surface area contributed by atoms with Crippen molar-refractivity contribution in [2.24, 2.45) is 0 Å². The molecule has 0 amide bonds. The molecule has 4 heteroatoms. The predicted octanol–water partition coefficient (Wildman–Crippen LogP) is 13.5. The molecule has 0 aromatic heterocycles. The highest BCUT2D eigenvalue weighted by Gasteiger charge is 2.20. The standard InChI is InChI=1S/C50H50N4/c1-37-47-29-27-46(54(42-17-9-4-10-18-42)44-25-21-40(22-26-44)52-33-13-6-14-34-52)36-50(47)38(2)48-30-28-45(35-49(37)48)53(41-15-7-3-8-16-41)43-23-19-39(20-24-43)51-31-11-5-12-32-51/h3-4,7-10,15-30,35-36H,5-6,11-14,31-34H2,1-2H3. The molecule has 7 aromatic carbocycles. The van der Waals surface area contributed by atoms with Crippen LogP contribution in [0.2, 0.25) is 0 Å². The molecule has 2 heterocycles. The van der Waals surface area contributed by atoms with Crippen LogP contribution in [0.4, 0.5) is 45.5 Å². The van der Waals surface area contributed by atoms with Crippen LogP contribution in [0.5, 0.6) is 0 Å². The number of fused-ring (bicyclic) bond motifs is 2. The monoisotopic (exact) mass is 706 g/mol. The van der Waals surface area contributed by atoms with Crippen molar-refractivity contribution in [2.45, 2.75) is 52.4 Å². The first-order valence-electron chi connectivity index (χ1n) is 20.0. The van der Waals surface area contributed by atoms with E-state index in [0.717, 1.165) is 37.6 Å². The van der Waals surface area contributed by atoms with Crippen molar-refractivity contribution in [3.63, 3.8) is 0 Å². The highest BCUT2D eigenvalue weighted by molar-refractivity contribution is 6.08. The quantitative estimate of drug-likeness (QED) is 0.146. The summed E-state index contributed by atoms with van der Waals surface area (Å²) >= 11 is 0. The Kier molecular flexibility index (Phi) is 9.43. The molecule has 0 radical (unpaired) electrons. The molecule has 2 aliphatic rings. The lowest BCUT2D eigenvalue weighted by Crippen LogP contribution is -2.29.